The van der Waals surface area contributed by atoms with Crippen LogP contribution in [0.25, 0.3) is 11.3 Å². The van der Waals surface area contributed by atoms with Crippen molar-refractivity contribution in [1.82, 2.24) is 29.9 Å². The summed E-state index contributed by atoms with van der Waals surface area (Å²) in [5.74, 6) is 2.40. The van der Waals surface area contributed by atoms with E-state index in [0.29, 0.717) is 6.04 Å². The molecule has 0 bridgehead atoms. The topological polar surface area (TPSA) is 71.8 Å². The van der Waals surface area contributed by atoms with Crippen LogP contribution in [0.15, 0.2) is 42.7 Å². The van der Waals surface area contributed by atoms with Gasteiger partial charge in [0.1, 0.15) is 5.82 Å². The summed E-state index contributed by atoms with van der Waals surface area (Å²) in [5.41, 5.74) is 4.05. The van der Waals surface area contributed by atoms with E-state index in [0.717, 1.165) is 41.1 Å². The van der Waals surface area contributed by atoms with Crippen molar-refractivity contribution in [2.24, 2.45) is 18.9 Å². The molecule has 3 atom stereocenters. The van der Waals surface area contributed by atoms with Crippen LogP contribution in [0.1, 0.15) is 24.2 Å². The van der Waals surface area contributed by atoms with Gasteiger partial charge in [-0.3, -0.25) is 14.6 Å². The van der Waals surface area contributed by atoms with Crippen molar-refractivity contribution in [2.45, 2.75) is 32.4 Å². The lowest BCUT2D eigenvalue weighted by atomic mass is 10.0. The molecule has 0 spiro atoms. The molecule has 1 unspecified atom stereocenters. The zero-order chi connectivity index (χ0) is 19.8. The van der Waals surface area contributed by atoms with Crippen LogP contribution in [0.5, 0.6) is 0 Å². The molecule has 3 aromatic heterocycles. The lowest BCUT2D eigenvalue weighted by Crippen LogP contribution is -2.25. The Labute approximate surface area is 171 Å². The van der Waals surface area contributed by atoms with Gasteiger partial charge in [0.2, 0.25) is 0 Å². The van der Waals surface area contributed by atoms with Crippen molar-refractivity contribution >= 4 is 5.82 Å². The van der Waals surface area contributed by atoms with Gasteiger partial charge in [0.25, 0.3) is 0 Å². The highest BCUT2D eigenvalue weighted by Crippen LogP contribution is 2.39. The van der Waals surface area contributed by atoms with Gasteiger partial charge in [0.15, 0.2) is 0 Å². The van der Waals surface area contributed by atoms with Gasteiger partial charge < -0.3 is 5.32 Å². The van der Waals surface area contributed by atoms with Crippen molar-refractivity contribution in [2.75, 3.05) is 18.4 Å². The summed E-state index contributed by atoms with van der Waals surface area (Å²) >= 11 is 0. The highest BCUT2D eigenvalue weighted by molar-refractivity contribution is 5.61. The van der Waals surface area contributed by atoms with Gasteiger partial charge in [-0.15, -0.1) is 10.2 Å². The van der Waals surface area contributed by atoms with Gasteiger partial charge in [-0.1, -0.05) is 6.07 Å². The molecule has 0 amide bonds. The van der Waals surface area contributed by atoms with E-state index in [2.05, 4.69) is 42.6 Å². The molecule has 1 N–H and O–H groups in total. The maximum Gasteiger partial charge on any atom is 0.148 e. The highest BCUT2D eigenvalue weighted by atomic mass is 15.3. The molecule has 2 fully saturated rings. The van der Waals surface area contributed by atoms with Crippen LogP contribution in [-0.2, 0) is 13.6 Å². The second-order valence-electron chi connectivity index (χ2n) is 8.45. The molecule has 3 aromatic rings. The summed E-state index contributed by atoms with van der Waals surface area (Å²) < 4.78 is 1.81. The molecule has 5 rings (SSSR count). The number of hydrogen-bond donors (Lipinski definition) is 1. The first-order chi connectivity index (χ1) is 14.1. The minimum atomic E-state index is 0.488. The molecule has 1 aliphatic heterocycles. The van der Waals surface area contributed by atoms with E-state index in [4.69, 9.17) is 0 Å². The van der Waals surface area contributed by atoms with Crippen LogP contribution in [0.3, 0.4) is 0 Å². The molecule has 7 nitrogen and oxygen atoms in total. The lowest BCUT2D eigenvalue weighted by Gasteiger charge is -2.19. The summed E-state index contributed by atoms with van der Waals surface area (Å²) in [4.78, 5) is 7.02. The van der Waals surface area contributed by atoms with Crippen LogP contribution in [0.2, 0.25) is 0 Å². The summed E-state index contributed by atoms with van der Waals surface area (Å²) in [6.07, 6.45) is 6.28. The summed E-state index contributed by atoms with van der Waals surface area (Å²) in [6, 6.07) is 10.7. The van der Waals surface area contributed by atoms with E-state index < -0.39 is 0 Å². The molecule has 1 aliphatic carbocycles. The van der Waals surface area contributed by atoms with Gasteiger partial charge >= 0.3 is 0 Å². The fourth-order valence-electron chi connectivity index (χ4n) is 4.98. The monoisotopic (exact) mass is 389 g/mol. The number of aromatic nitrogens is 5. The summed E-state index contributed by atoms with van der Waals surface area (Å²) in [7, 11) is 1.92. The zero-order valence-electron chi connectivity index (χ0n) is 17.0. The Balaban J connectivity index is 1.16. The maximum atomic E-state index is 4.47. The minimum Gasteiger partial charge on any atom is -0.366 e. The third kappa shape index (κ3) is 3.87. The Morgan fingerprint density at radius 3 is 2.52 bits per heavy atom. The van der Waals surface area contributed by atoms with Crippen LogP contribution in [0.4, 0.5) is 5.82 Å². The number of likely N-dealkylation sites (tertiary alicyclic amines) is 1. The first-order valence-corrected chi connectivity index (χ1v) is 10.4. The molecular formula is C22H27N7. The van der Waals surface area contributed by atoms with Crippen LogP contribution in [0, 0.1) is 18.8 Å². The van der Waals surface area contributed by atoms with Crippen molar-refractivity contribution in [3.63, 3.8) is 0 Å². The number of rotatable bonds is 5. The Morgan fingerprint density at radius 2 is 1.90 bits per heavy atom. The maximum absolute atomic E-state index is 4.47. The van der Waals surface area contributed by atoms with Crippen molar-refractivity contribution in [3.8, 4) is 11.3 Å². The normalized spacial score (nSPS) is 24.0. The number of nitrogens with zero attached hydrogens (tertiary/aromatic N) is 6. The number of fused-ring (bicyclic) bond motifs is 1. The molecule has 0 radical (unpaired) electrons. The van der Waals surface area contributed by atoms with Crippen LogP contribution < -0.4 is 5.32 Å². The number of pyridine rings is 1. The van der Waals surface area contributed by atoms with E-state index in [1.165, 1.54) is 31.6 Å². The number of anilines is 1. The molecule has 150 valence electrons. The van der Waals surface area contributed by atoms with Crippen LogP contribution in [-0.4, -0.2) is 49.0 Å². The van der Waals surface area contributed by atoms with E-state index >= 15 is 0 Å². The predicted octanol–water partition coefficient (Wildman–Crippen LogP) is 2.90. The molecule has 2 aliphatic rings. The van der Waals surface area contributed by atoms with E-state index in [1.807, 2.05) is 49.2 Å². The number of aryl methyl sites for hydroxylation is 2. The Kier molecular flexibility index (Phi) is 4.75. The van der Waals surface area contributed by atoms with Gasteiger partial charge in [0.05, 0.1) is 17.1 Å². The van der Waals surface area contributed by atoms with Gasteiger partial charge in [-0.25, -0.2) is 0 Å². The lowest BCUT2D eigenvalue weighted by molar-refractivity contribution is 0.297. The number of hydrogen-bond acceptors (Lipinski definition) is 6. The average molecular weight is 390 g/mol. The third-order valence-electron chi connectivity index (χ3n) is 6.24. The quantitative estimate of drug-likeness (QED) is 0.723. The molecule has 0 aromatic carbocycles. The molecular weight excluding hydrogens is 362 g/mol. The van der Waals surface area contributed by atoms with Crippen molar-refractivity contribution in [3.05, 3.63) is 54.1 Å². The predicted molar refractivity (Wildman–Crippen MR) is 112 cm³/mol. The van der Waals surface area contributed by atoms with Gasteiger partial charge in [-0.05, 0) is 55.9 Å². The second kappa shape index (κ2) is 7.55. The third-order valence-corrected chi connectivity index (χ3v) is 6.24. The van der Waals surface area contributed by atoms with Crippen molar-refractivity contribution < 1.29 is 0 Å². The fraction of sp³-hybridized carbons (Fsp3) is 0.455. The first-order valence-electron chi connectivity index (χ1n) is 10.4. The SMILES string of the molecule is Cc1nn(C)cc1-c1ccc(NC2C[C@@H]3CN(Cc4ccccn4)C[C@@H]3C2)nn1. The Bertz CT molecular complexity index is 953. The zero-order valence-corrected chi connectivity index (χ0v) is 17.0. The fourth-order valence-corrected chi connectivity index (χ4v) is 4.98. The number of nitrogens with one attached hydrogen (secondary N) is 1. The summed E-state index contributed by atoms with van der Waals surface area (Å²) in [5, 5.41) is 16.8. The first kappa shape index (κ1) is 18.2. The Morgan fingerprint density at radius 1 is 1.07 bits per heavy atom. The molecule has 4 heterocycles. The van der Waals surface area contributed by atoms with E-state index in [1.54, 1.807) is 0 Å². The van der Waals surface area contributed by atoms with Gasteiger partial charge in [0, 0.05) is 50.7 Å². The Hall–Kier alpha value is -2.80. The van der Waals surface area contributed by atoms with Crippen LogP contribution >= 0.6 is 0 Å². The molecule has 1 saturated heterocycles. The molecule has 7 heteroatoms. The highest BCUT2D eigenvalue weighted by Gasteiger charge is 2.40. The smallest absolute Gasteiger partial charge is 0.148 e. The minimum absolute atomic E-state index is 0.488. The second-order valence-corrected chi connectivity index (χ2v) is 8.45. The summed E-state index contributed by atoms with van der Waals surface area (Å²) in [6.45, 7) is 5.30. The largest absolute Gasteiger partial charge is 0.366 e. The standard InChI is InChI=1S/C22H27N7/c1-15-20(14-28(2)27-15)21-6-7-22(26-25-21)24-19-9-16-11-29(12-17(16)10-19)13-18-5-3-4-8-23-18/h3-8,14,16-17,19H,9-13H2,1-2H3,(H,24,26)/t16-,17+,19?. The van der Waals surface area contributed by atoms with E-state index in [9.17, 15) is 0 Å². The van der Waals surface area contributed by atoms with E-state index in [-0.39, 0.29) is 0 Å². The average Bonchev–Trinajstić information content (AvgIpc) is 3.36. The molecule has 1 saturated carbocycles. The van der Waals surface area contributed by atoms with Gasteiger partial charge in [-0.2, -0.15) is 5.10 Å². The molecule has 29 heavy (non-hydrogen) atoms. The van der Waals surface area contributed by atoms with Crippen molar-refractivity contribution in [1.29, 1.82) is 0 Å².